The van der Waals surface area contributed by atoms with Gasteiger partial charge >= 0.3 is 0 Å². The van der Waals surface area contributed by atoms with Gasteiger partial charge in [-0.3, -0.25) is 9.78 Å². The third-order valence-corrected chi connectivity index (χ3v) is 8.92. The van der Waals surface area contributed by atoms with Crippen molar-refractivity contribution in [3.8, 4) is 11.3 Å². The Morgan fingerprint density at radius 2 is 1.73 bits per heavy atom. The maximum atomic E-state index is 12.8. The van der Waals surface area contributed by atoms with E-state index in [4.69, 9.17) is 11.6 Å². The Hall–Kier alpha value is -2.54. The van der Waals surface area contributed by atoms with Crippen molar-refractivity contribution in [1.82, 2.24) is 4.98 Å². The van der Waals surface area contributed by atoms with E-state index in [1.807, 2.05) is 73.6 Å². The molecule has 1 fully saturated rings. The van der Waals surface area contributed by atoms with Gasteiger partial charge in [-0.15, -0.1) is 11.3 Å². The van der Waals surface area contributed by atoms with E-state index in [1.54, 1.807) is 23.6 Å². The summed E-state index contributed by atoms with van der Waals surface area (Å²) in [5.41, 5.74) is 4.10. The molecule has 2 aromatic carbocycles. The lowest BCUT2D eigenvalue weighted by molar-refractivity contribution is 0.102. The van der Waals surface area contributed by atoms with E-state index >= 15 is 0 Å². The third kappa shape index (κ3) is 8.98. The molecule has 214 valence electrons. The highest BCUT2D eigenvalue weighted by Crippen LogP contribution is 2.36. The molecule has 0 bridgehead atoms. The van der Waals surface area contributed by atoms with Gasteiger partial charge in [-0.25, -0.2) is 0 Å². The summed E-state index contributed by atoms with van der Waals surface area (Å²) >= 11 is 9.97. The number of halogens is 1. The van der Waals surface area contributed by atoms with Gasteiger partial charge < -0.3 is 9.62 Å². The summed E-state index contributed by atoms with van der Waals surface area (Å²) in [6, 6.07) is 17.4. The first kappa shape index (κ1) is 32.0. The molecule has 2 aromatic heterocycles. The first-order chi connectivity index (χ1) is 19.6. The molecular formula is C33H42ClN3OS2. The fourth-order valence-corrected chi connectivity index (χ4v) is 6.52. The fraction of sp³-hybridized carbons (Fsp3) is 0.394. The third-order valence-electron chi connectivity index (χ3n) is 6.48. The Morgan fingerprint density at radius 3 is 2.40 bits per heavy atom. The number of unbranched alkanes of at least 4 members (excludes halogenated alkanes) is 4. The highest BCUT2D eigenvalue weighted by atomic mass is 35.5. The van der Waals surface area contributed by atoms with Crippen LogP contribution in [0.3, 0.4) is 0 Å². The molecule has 1 saturated heterocycles. The molecule has 0 atom stereocenters. The molecule has 3 heterocycles. The van der Waals surface area contributed by atoms with Crippen LogP contribution in [0.1, 0.15) is 83.0 Å². The summed E-state index contributed by atoms with van der Waals surface area (Å²) in [5.74, 6) is 1.00. The van der Waals surface area contributed by atoms with Crippen molar-refractivity contribution < 1.29 is 4.79 Å². The lowest BCUT2D eigenvalue weighted by Gasteiger charge is -2.27. The largest absolute Gasteiger partial charge is 0.322 e. The number of carbonyl (C=O) groups excluding carboxylic acids is 1. The lowest BCUT2D eigenvalue weighted by Crippen LogP contribution is -2.21. The molecule has 0 saturated carbocycles. The predicted octanol–water partition coefficient (Wildman–Crippen LogP) is 11.1. The summed E-state index contributed by atoms with van der Waals surface area (Å²) in [6.45, 7) is 9.54. The lowest BCUT2D eigenvalue weighted by atomic mass is 10.1. The van der Waals surface area contributed by atoms with Crippen molar-refractivity contribution in [3.63, 3.8) is 0 Å². The van der Waals surface area contributed by atoms with Crippen LogP contribution in [0.25, 0.3) is 21.3 Å². The molecule has 5 rings (SSSR count). The molecule has 1 N–H and O–H groups in total. The van der Waals surface area contributed by atoms with Gasteiger partial charge in [0.1, 0.15) is 0 Å². The van der Waals surface area contributed by atoms with Crippen LogP contribution >= 0.6 is 34.9 Å². The average molecular weight is 596 g/mol. The van der Waals surface area contributed by atoms with Crippen molar-refractivity contribution in [1.29, 1.82) is 0 Å². The Kier molecular flexibility index (Phi) is 13.8. The van der Waals surface area contributed by atoms with Crippen molar-refractivity contribution in [2.75, 3.05) is 21.9 Å². The first-order valence-electron chi connectivity index (χ1n) is 14.5. The van der Waals surface area contributed by atoms with Crippen molar-refractivity contribution in [2.45, 2.75) is 72.6 Å². The van der Waals surface area contributed by atoms with Gasteiger partial charge in [0, 0.05) is 41.0 Å². The Bertz CT molecular complexity index is 1310. The van der Waals surface area contributed by atoms with E-state index < -0.39 is 0 Å². The van der Waals surface area contributed by atoms with Gasteiger partial charge in [0.05, 0.1) is 15.4 Å². The average Bonchev–Trinajstić information content (AvgIpc) is 3.50. The summed E-state index contributed by atoms with van der Waals surface area (Å²) in [5, 5.41) is 6.78. The van der Waals surface area contributed by atoms with E-state index in [0.717, 1.165) is 39.3 Å². The number of amides is 1. The van der Waals surface area contributed by atoms with Gasteiger partial charge in [0.25, 0.3) is 5.91 Å². The second-order valence-electron chi connectivity index (χ2n) is 9.40. The molecular weight excluding hydrogens is 554 g/mol. The number of hydrogen-bond acceptors (Lipinski definition) is 5. The van der Waals surface area contributed by atoms with Crippen LogP contribution in [0, 0.1) is 0 Å². The van der Waals surface area contributed by atoms with Gasteiger partial charge in [0.2, 0.25) is 0 Å². The zero-order valence-electron chi connectivity index (χ0n) is 24.2. The molecule has 40 heavy (non-hydrogen) atoms. The number of pyridine rings is 1. The minimum atomic E-state index is -0.145. The number of thiophene rings is 1. The monoisotopic (exact) mass is 595 g/mol. The van der Waals surface area contributed by atoms with Gasteiger partial charge in [-0.2, -0.15) is 0 Å². The van der Waals surface area contributed by atoms with Crippen LogP contribution in [-0.4, -0.2) is 23.2 Å². The smallest absolute Gasteiger partial charge is 0.255 e. The highest BCUT2D eigenvalue weighted by Gasteiger charge is 2.15. The quantitative estimate of drug-likeness (QED) is 0.162. The minimum absolute atomic E-state index is 0.145. The molecule has 1 amide bonds. The molecule has 0 aliphatic carbocycles. The van der Waals surface area contributed by atoms with E-state index in [1.165, 1.54) is 44.9 Å². The van der Waals surface area contributed by atoms with Gasteiger partial charge in [-0.05, 0) is 90.2 Å². The molecule has 1 aliphatic heterocycles. The molecule has 1 aliphatic rings. The zero-order valence-corrected chi connectivity index (χ0v) is 26.6. The topological polar surface area (TPSA) is 45.2 Å². The number of hydrogen-bond donors (Lipinski definition) is 1. The number of benzene rings is 2. The van der Waals surface area contributed by atoms with Crippen molar-refractivity contribution in [3.05, 3.63) is 76.8 Å². The van der Waals surface area contributed by atoms with Crippen LogP contribution in [0.4, 0.5) is 11.4 Å². The predicted molar refractivity (Wildman–Crippen MR) is 179 cm³/mol. The summed E-state index contributed by atoms with van der Waals surface area (Å²) < 4.78 is 3.38. The summed E-state index contributed by atoms with van der Waals surface area (Å²) in [6.07, 6.45) is 11.3. The maximum Gasteiger partial charge on any atom is 0.255 e. The fourth-order valence-electron chi connectivity index (χ4n) is 4.33. The standard InChI is InChI=1S/C24H20ClN3OS2.C7H16.C2H6/c25-21-8-5-18(15-20(21)22-23-16(9-11-26-22)10-14-30-23)27-24(29)17-3-6-19(7-4-17)28-12-1-2-13-31-28;1-3-5-7-6-4-2;1-2/h3-11,14-15H,1-2,12-13H2,(H,27,29);3-7H2,1-2H3;1-2H3. The summed E-state index contributed by atoms with van der Waals surface area (Å²) in [7, 11) is 0. The van der Waals surface area contributed by atoms with Crippen molar-refractivity contribution >= 4 is 62.3 Å². The van der Waals surface area contributed by atoms with E-state index in [9.17, 15) is 4.79 Å². The van der Waals surface area contributed by atoms with Crippen LogP contribution in [-0.2, 0) is 0 Å². The molecule has 4 nitrogen and oxygen atoms in total. The molecule has 0 radical (unpaired) electrons. The highest BCUT2D eigenvalue weighted by molar-refractivity contribution is 8.00. The molecule has 4 aromatic rings. The van der Waals surface area contributed by atoms with E-state index in [-0.39, 0.29) is 5.91 Å². The molecule has 0 spiro atoms. The van der Waals surface area contributed by atoms with Crippen LogP contribution in [0.15, 0.2) is 66.2 Å². The maximum absolute atomic E-state index is 12.8. The SMILES string of the molecule is CC.CCCCCCC.O=C(Nc1ccc(Cl)c(-c2nccc3ccsc23)c1)c1ccc(N2CCCCS2)cc1. The molecule has 7 heteroatoms. The summed E-state index contributed by atoms with van der Waals surface area (Å²) in [4.78, 5) is 17.4. The Balaban J connectivity index is 0.000000430. The number of aromatic nitrogens is 1. The number of carbonyl (C=O) groups is 1. The van der Waals surface area contributed by atoms with Crippen LogP contribution in [0.5, 0.6) is 0 Å². The minimum Gasteiger partial charge on any atom is -0.322 e. The van der Waals surface area contributed by atoms with Crippen molar-refractivity contribution in [2.24, 2.45) is 0 Å². The van der Waals surface area contributed by atoms with Crippen LogP contribution in [0.2, 0.25) is 5.02 Å². The van der Waals surface area contributed by atoms with Crippen LogP contribution < -0.4 is 9.62 Å². The number of rotatable bonds is 8. The number of fused-ring (bicyclic) bond motifs is 1. The second kappa shape index (κ2) is 17.3. The van der Waals surface area contributed by atoms with E-state index in [0.29, 0.717) is 16.3 Å². The number of anilines is 2. The van der Waals surface area contributed by atoms with Gasteiger partial charge in [0.15, 0.2) is 0 Å². The number of nitrogens with zero attached hydrogens (tertiary/aromatic N) is 2. The Labute approximate surface area is 253 Å². The molecule has 0 unspecified atom stereocenters. The second-order valence-corrected chi connectivity index (χ2v) is 11.8. The van der Waals surface area contributed by atoms with Gasteiger partial charge in [-0.1, -0.05) is 71.4 Å². The van der Waals surface area contributed by atoms with E-state index in [2.05, 4.69) is 34.5 Å². The Morgan fingerprint density at radius 1 is 0.975 bits per heavy atom. The normalized spacial score (nSPS) is 12.7. The first-order valence-corrected chi connectivity index (χ1v) is 16.7. The zero-order chi connectivity index (χ0) is 28.7. The number of nitrogens with one attached hydrogen (secondary N) is 1.